The first-order valence-electron chi connectivity index (χ1n) is 6.18. The Kier molecular flexibility index (Phi) is 4.78. The molecule has 0 saturated carbocycles. The minimum absolute atomic E-state index is 0.121. The predicted molar refractivity (Wildman–Crippen MR) is 76.7 cm³/mol. The van der Waals surface area contributed by atoms with Gasteiger partial charge in [0.25, 0.3) is 0 Å². The minimum atomic E-state index is -0.830. The van der Waals surface area contributed by atoms with Crippen molar-refractivity contribution >= 4 is 17.3 Å². The van der Waals surface area contributed by atoms with Gasteiger partial charge in [0.05, 0.1) is 24.4 Å². The molecule has 0 aliphatic carbocycles. The molecule has 3 N–H and O–H groups in total. The summed E-state index contributed by atoms with van der Waals surface area (Å²) in [4.78, 5) is 11.1. The summed E-state index contributed by atoms with van der Waals surface area (Å²) in [6.45, 7) is 6.83. The highest BCUT2D eigenvalue weighted by Gasteiger charge is 2.22. The van der Waals surface area contributed by atoms with E-state index in [1.54, 1.807) is 33.1 Å². The maximum absolute atomic E-state index is 11.1. The van der Waals surface area contributed by atoms with E-state index in [9.17, 15) is 9.90 Å². The molecule has 19 heavy (non-hydrogen) atoms. The second-order valence-electron chi connectivity index (χ2n) is 5.12. The van der Waals surface area contributed by atoms with Gasteiger partial charge in [0.15, 0.2) is 0 Å². The standard InChI is InChI=1S/C14H22N2O3/c1-9(14(3,4)18)15-11-6-7-12(16-10(2)17)13(8-11)19-5/h6-9,15,18H,1-5H3,(H,16,17). The van der Waals surface area contributed by atoms with E-state index < -0.39 is 5.60 Å². The zero-order valence-corrected chi connectivity index (χ0v) is 12.1. The van der Waals surface area contributed by atoms with Crippen LogP contribution < -0.4 is 15.4 Å². The van der Waals surface area contributed by atoms with Gasteiger partial charge in [0, 0.05) is 18.7 Å². The molecule has 1 unspecified atom stereocenters. The minimum Gasteiger partial charge on any atom is -0.494 e. The summed E-state index contributed by atoms with van der Waals surface area (Å²) in [5, 5.41) is 15.8. The fraction of sp³-hybridized carbons (Fsp3) is 0.500. The number of carbonyl (C=O) groups excluding carboxylic acids is 1. The van der Waals surface area contributed by atoms with Gasteiger partial charge in [-0.25, -0.2) is 0 Å². The Labute approximate surface area is 114 Å². The molecule has 0 aliphatic heterocycles. The lowest BCUT2D eigenvalue weighted by Crippen LogP contribution is -2.39. The molecule has 0 spiro atoms. The molecule has 1 aromatic rings. The number of methoxy groups -OCH3 is 1. The highest BCUT2D eigenvalue weighted by Crippen LogP contribution is 2.29. The van der Waals surface area contributed by atoms with E-state index in [2.05, 4.69) is 10.6 Å². The summed E-state index contributed by atoms with van der Waals surface area (Å²) >= 11 is 0. The molecule has 0 radical (unpaired) electrons. The van der Waals surface area contributed by atoms with Crippen LogP contribution in [0.5, 0.6) is 5.75 Å². The van der Waals surface area contributed by atoms with Crippen molar-refractivity contribution in [1.29, 1.82) is 0 Å². The maximum Gasteiger partial charge on any atom is 0.221 e. The second kappa shape index (κ2) is 5.93. The van der Waals surface area contributed by atoms with Crippen molar-refractivity contribution in [2.75, 3.05) is 17.7 Å². The number of ether oxygens (including phenoxy) is 1. The zero-order chi connectivity index (χ0) is 14.6. The van der Waals surface area contributed by atoms with Crippen LogP contribution in [0.2, 0.25) is 0 Å². The van der Waals surface area contributed by atoms with Crippen LogP contribution in [0.3, 0.4) is 0 Å². The first kappa shape index (κ1) is 15.3. The van der Waals surface area contributed by atoms with Crippen LogP contribution in [0, 0.1) is 0 Å². The fourth-order valence-corrected chi connectivity index (χ4v) is 1.50. The lowest BCUT2D eigenvalue weighted by Gasteiger charge is -2.28. The maximum atomic E-state index is 11.1. The van der Waals surface area contributed by atoms with Gasteiger partial charge in [-0.3, -0.25) is 4.79 Å². The van der Waals surface area contributed by atoms with E-state index in [0.29, 0.717) is 11.4 Å². The van der Waals surface area contributed by atoms with Crippen LogP contribution in [0.25, 0.3) is 0 Å². The van der Waals surface area contributed by atoms with E-state index in [1.807, 2.05) is 13.0 Å². The van der Waals surface area contributed by atoms with E-state index in [0.717, 1.165) is 5.69 Å². The van der Waals surface area contributed by atoms with Crippen LogP contribution in [0.15, 0.2) is 18.2 Å². The summed E-state index contributed by atoms with van der Waals surface area (Å²) in [5.41, 5.74) is 0.612. The molecule has 0 aliphatic rings. The van der Waals surface area contributed by atoms with E-state index in [1.165, 1.54) is 6.92 Å². The number of benzene rings is 1. The Bertz CT molecular complexity index is 452. The quantitative estimate of drug-likeness (QED) is 0.764. The summed E-state index contributed by atoms with van der Waals surface area (Å²) in [6, 6.07) is 5.26. The van der Waals surface area contributed by atoms with Crippen molar-refractivity contribution in [3.8, 4) is 5.75 Å². The Hall–Kier alpha value is -1.75. The number of nitrogens with one attached hydrogen (secondary N) is 2. The predicted octanol–water partition coefficient (Wildman–Crippen LogP) is 2.22. The molecule has 106 valence electrons. The third-order valence-electron chi connectivity index (χ3n) is 2.96. The van der Waals surface area contributed by atoms with Crippen molar-refractivity contribution in [1.82, 2.24) is 0 Å². The smallest absolute Gasteiger partial charge is 0.221 e. The average molecular weight is 266 g/mol. The Morgan fingerprint density at radius 2 is 2.05 bits per heavy atom. The molecule has 0 aromatic heterocycles. The van der Waals surface area contributed by atoms with Crippen LogP contribution in [0.1, 0.15) is 27.7 Å². The SMILES string of the molecule is COc1cc(NC(C)C(C)(C)O)ccc1NC(C)=O. The third kappa shape index (κ3) is 4.44. The van der Waals surface area contributed by atoms with Gasteiger partial charge >= 0.3 is 0 Å². The van der Waals surface area contributed by atoms with Gasteiger partial charge in [-0.2, -0.15) is 0 Å². The first-order valence-corrected chi connectivity index (χ1v) is 6.18. The van der Waals surface area contributed by atoms with Gasteiger partial charge in [0.2, 0.25) is 5.91 Å². The summed E-state index contributed by atoms with van der Waals surface area (Å²) in [6.07, 6.45) is 0. The van der Waals surface area contributed by atoms with Crippen molar-refractivity contribution < 1.29 is 14.6 Å². The fourth-order valence-electron chi connectivity index (χ4n) is 1.50. The largest absolute Gasteiger partial charge is 0.494 e. The molecular formula is C14H22N2O3. The van der Waals surface area contributed by atoms with Crippen LogP contribution in [-0.2, 0) is 4.79 Å². The highest BCUT2D eigenvalue weighted by molar-refractivity contribution is 5.90. The second-order valence-corrected chi connectivity index (χ2v) is 5.12. The summed E-state index contributed by atoms with van der Waals surface area (Å²) < 4.78 is 5.24. The monoisotopic (exact) mass is 266 g/mol. The molecule has 0 bridgehead atoms. The third-order valence-corrected chi connectivity index (χ3v) is 2.96. The number of carbonyl (C=O) groups is 1. The number of aliphatic hydroxyl groups is 1. The van der Waals surface area contributed by atoms with Crippen LogP contribution >= 0.6 is 0 Å². The molecule has 0 heterocycles. The molecule has 5 nitrogen and oxygen atoms in total. The van der Waals surface area contributed by atoms with Gasteiger partial charge in [-0.1, -0.05) is 0 Å². The lowest BCUT2D eigenvalue weighted by molar-refractivity contribution is -0.114. The van der Waals surface area contributed by atoms with Gasteiger partial charge in [-0.15, -0.1) is 0 Å². The number of rotatable bonds is 5. The van der Waals surface area contributed by atoms with Gasteiger partial charge in [-0.05, 0) is 32.9 Å². The van der Waals surface area contributed by atoms with Crippen molar-refractivity contribution in [2.24, 2.45) is 0 Å². The van der Waals surface area contributed by atoms with Gasteiger partial charge < -0.3 is 20.5 Å². The zero-order valence-electron chi connectivity index (χ0n) is 12.1. The molecule has 1 rings (SSSR count). The molecule has 0 saturated heterocycles. The molecule has 1 aromatic carbocycles. The average Bonchev–Trinajstić information content (AvgIpc) is 2.29. The molecule has 5 heteroatoms. The summed E-state index contributed by atoms with van der Waals surface area (Å²) in [5.74, 6) is 0.423. The van der Waals surface area contributed by atoms with Crippen molar-refractivity contribution in [3.63, 3.8) is 0 Å². The van der Waals surface area contributed by atoms with E-state index in [-0.39, 0.29) is 11.9 Å². The number of amides is 1. The molecule has 1 atom stereocenters. The number of hydrogen-bond donors (Lipinski definition) is 3. The summed E-state index contributed by atoms with van der Waals surface area (Å²) in [7, 11) is 1.55. The highest BCUT2D eigenvalue weighted by atomic mass is 16.5. The van der Waals surface area contributed by atoms with Gasteiger partial charge in [0.1, 0.15) is 5.75 Å². The Morgan fingerprint density at radius 1 is 1.42 bits per heavy atom. The topological polar surface area (TPSA) is 70.6 Å². The van der Waals surface area contributed by atoms with Crippen molar-refractivity contribution in [3.05, 3.63) is 18.2 Å². The number of anilines is 2. The number of hydrogen-bond acceptors (Lipinski definition) is 4. The van der Waals surface area contributed by atoms with E-state index >= 15 is 0 Å². The van der Waals surface area contributed by atoms with Crippen molar-refractivity contribution in [2.45, 2.75) is 39.3 Å². The first-order chi connectivity index (χ1) is 8.74. The molecular weight excluding hydrogens is 244 g/mol. The molecule has 1 amide bonds. The molecule has 0 fully saturated rings. The lowest BCUT2D eigenvalue weighted by atomic mass is 10.0. The Morgan fingerprint density at radius 3 is 2.53 bits per heavy atom. The Balaban J connectivity index is 2.91. The normalized spacial score (nSPS) is 12.7. The van der Waals surface area contributed by atoms with E-state index in [4.69, 9.17) is 4.74 Å². The van der Waals surface area contributed by atoms with Crippen LogP contribution in [0.4, 0.5) is 11.4 Å². The van der Waals surface area contributed by atoms with Crippen LogP contribution in [-0.4, -0.2) is 29.8 Å².